The number of aromatic nitrogens is 4. The third-order valence-corrected chi connectivity index (χ3v) is 7.86. The second-order valence-electron chi connectivity index (χ2n) is 11.3. The van der Waals surface area contributed by atoms with E-state index in [1.165, 1.54) is 34.9 Å². The summed E-state index contributed by atoms with van der Waals surface area (Å²) in [6.07, 6.45) is 1.73. The van der Waals surface area contributed by atoms with E-state index < -0.39 is 22.8 Å². The van der Waals surface area contributed by atoms with Crippen molar-refractivity contribution in [3.05, 3.63) is 140 Å². The SMILES string of the molecule is CN(C)CCNC(=O)c1cccc(-c2nc(C(=O)c3ccc4c(c3)c(=O)n(Cc3ccc(F)cc3)c(=O)n4C)n3ccccc23)c1.Cl. The third-order valence-electron chi connectivity index (χ3n) is 7.86. The first-order valence-electron chi connectivity index (χ1n) is 14.7. The van der Waals surface area contributed by atoms with Gasteiger partial charge >= 0.3 is 5.69 Å². The normalized spacial score (nSPS) is 11.2. The molecule has 6 aromatic rings. The van der Waals surface area contributed by atoms with Crippen molar-refractivity contribution in [1.82, 2.24) is 28.7 Å². The number of rotatable bonds is 9. The van der Waals surface area contributed by atoms with Crippen LogP contribution in [0.3, 0.4) is 0 Å². The summed E-state index contributed by atoms with van der Waals surface area (Å²) >= 11 is 0. The summed E-state index contributed by atoms with van der Waals surface area (Å²) in [5.41, 5.74) is 2.41. The van der Waals surface area contributed by atoms with E-state index in [1.807, 2.05) is 37.2 Å². The molecule has 10 nitrogen and oxygen atoms in total. The monoisotopic (exact) mass is 654 g/mol. The molecule has 0 spiro atoms. The van der Waals surface area contributed by atoms with Gasteiger partial charge in [0.2, 0.25) is 5.78 Å². The largest absolute Gasteiger partial charge is 0.351 e. The van der Waals surface area contributed by atoms with Crippen LogP contribution >= 0.6 is 12.4 Å². The lowest BCUT2D eigenvalue weighted by Gasteiger charge is -2.12. The number of nitrogens with zero attached hydrogens (tertiary/aromatic N) is 5. The summed E-state index contributed by atoms with van der Waals surface area (Å²) in [4.78, 5) is 60.2. The Kier molecular flexibility index (Phi) is 9.50. The Bertz CT molecular complexity index is 2260. The first kappa shape index (κ1) is 33.0. The Balaban J connectivity index is 0.00000433. The summed E-state index contributed by atoms with van der Waals surface area (Å²) in [5, 5.41) is 3.10. The van der Waals surface area contributed by atoms with E-state index in [0.717, 1.165) is 4.57 Å². The molecule has 47 heavy (non-hydrogen) atoms. The Hall–Kier alpha value is -5.39. The Morgan fingerprint density at radius 1 is 0.894 bits per heavy atom. The van der Waals surface area contributed by atoms with Crippen molar-refractivity contribution in [3.8, 4) is 11.3 Å². The Morgan fingerprint density at radius 3 is 2.40 bits per heavy atom. The standard InChI is InChI=1S/C35H31FN6O4.ClH/c1-39(2)18-16-37-33(44)25-8-6-7-23(19-25)30-29-9-4-5-17-41(29)32(38-30)31(43)24-12-15-28-27(20-24)34(45)42(35(46)40(28)3)21-22-10-13-26(36)14-11-22;/h4-15,17,19-20H,16,18,21H2,1-3H3,(H,37,44);1H. The van der Waals surface area contributed by atoms with Crippen molar-refractivity contribution in [3.63, 3.8) is 0 Å². The van der Waals surface area contributed by atoms with E-state index in [2.05, 4.69) is 5.32 Å². The average Bonchev–Trinajstić information content (AvgIpc) is 3.45. The highest BCUT2D eigenvalue weighted by molar-refractivity contribution is 6.09. The lowest BCUT2D eigenvalue weighted by atomic mass is 10.1. The molecule has 12 heteroatoms. The van der Waals surface area contributed by atoms with Gasteiger partial charge in [-0.2, -0.15) is 0 Å². The predicted molar refractivity (Wildman–Crippen MR) is 181 cm³/mol. The number of fused-ring (bicyclic) bond motifs is 2. The van der Waals surface area contributed by atoms with Gasteiger partial charge in [-0.05, 0) is 74.3 Å². The number of nitrogens with one attached hydrogen (secondary N) is 1. The lowest BCUT2D eigenvalue weighted by Crippen LogP contribution is -2.39. The first-order chi connectivity index (χ1) is 22.1. The number of hydrogen-bond donors (Lipinski definition) is 1. The zero-order valence-corrected chi connectivity index (χ0v) is 26.8. The highest BCUT2D eigenvalue weighted by atomic mass is 35.5. The molecule has 240 valence electrons. The number of pyridine rings is 1. The van der Waals surface area contributed by atoms with Gasteiger partial charge in [0, 0.05) is 43.0 Å². The number of imidazole rings is 1. The topological polar surface area (TPSA) is 111 Å². The third kappa shape index (κ3) is 6.49. The second-order valence-corrected chi connectivity index (χ2v) is 11.3. The molecule has 0 saturated heterocycles. The van der Waals surface area contributed by atoms with Crippen molar-refractivity contribution < 1.29 is 14.0 Å². The zero-order valence-electron chi connectivity index (χ0n) is 25.9. The minimum Gasteiger partial charge on any atom is -0.351 e. The van der Waals surface area contributed by atoms with Gasteiger partial charge in [0.05, 0.1) is 28.7 Å². The number of ketones is 1. The molecule has 6 rings (SSSR count). The summed E-state index contributed by atoms with van der Waals surface area (Å²) in [6.45, 7) is 1.15. The van der Waals surface area contributed by atoms with Gasteiger partial charge in [0.1, 0.15) is 5.82 Å². The Labute approximate surface area is 275 Å². The van der Waals surface area contributed by atoms with Crippen LogP contribution in [0, 0.1) is 5.82 Å². The van der Waals surface area contributed by atoms with Crippen molar-refractivity contribution in [2.45, 2.75) is 6.54 Å². The molecule has 3 aromatic carbocycles. The number of benzene rings is 3. The summed E-state index contributed by atoms with van der Waals surface area (Å²) in [7, 11) is 5.42. The maximum atomic E-state index is 14.0. The molecule has 0 aliphatic carbocycles. The molecule has 0 saturated carbocycles. The van der Waals surface area contributed by atoms with Crippen molar-refractivity contribution in [2.75, 3.05) is 27.2 Å². The van der Waals surface area contributed by atoms with E-state index in [-0.39, 0.29) is 41.6 Å². The van der Waals surface area contributed by atoms with Gasteiger partial charge in [-0.25, -0.2) is 14.2 Å². The van der Waals surface area contributed by atoms with Gasteiger partial charge in [0.25, 0.3) is 11.5 Å². The molecule has 0 bridgehead atoms. The summed E-state index contributed by atoms with van der Waals surface area (Å²) in [6, 6.07) is 22.7. The van der Waals surface area contributed by atoms with E-state index in [0.29, 0.717) is 46.5 Å². The van der Waals surface area contributed by atoms with Crippen molar-refractivity contribution in [1.29, 1.82) is 0 Å². The zero-order chi connectivity index (χ0) is 32.5. The fraction of sp³-hybridized carbons (Fsp3) is 0.171. The molecule has 3 heterocycles. The molecule has 0 aliphatic rings. The molecule has 0 atom stereocenters. The van der Waals surface area contributed by atoms with Gasteiger partial charge in [-0.15, -0.1) is 12.4 Å². The lowest BCUT2D eigenvalue weighted by molar-refractivity contribution is 0.0950. The van der Waals surface area contributed by atoms with Gasteiger partial charge in [-0.1, -0.05) is 30.3 Å². The second kappa shape index (κ2) is 13.5. The van der Waals surface area contributed by atoms with Crippen LogP contribution in [0.2, 0.25) is 0 Å². The average molecular weight is 655 g/mol. The van der Waals surface area contributed by atoms with Crippen LogP contribution in [0.4, 0.5) is 4.39 Å². The fourth-order valence-electron chi connectivity index (χ4n) is 5.41. The number of halogens is 2. The van der Waals surface area contributed by atoms with Crippen molar-refractivity contribution in [2.24, 2.45) is 7.05 Å². The van der Waals surface area contributed by atoms with Crippen LogP contribution in [0.15, 0.2) is 101 Å². The molecule has 1 amide bonds. The Morgan fingerprint density at radius 2 is 1.66 bits per heavy atom. The molecular weight excluding hydrogens is 623 g/mol. The van der Waals surface area contributed by atoms with Gasteiger partial charge < -0.3 is 10.2 Å². The molecule has 0 unspecified atom stereocenters. The fourth-order valence-corrected chi connectivity index (χ4v) is 5.41. The quantitative estimate of drug-likeness (QED) is 0.235. The number of hydrogen-bond acceptors (Lipinski definition) is 6. The molecule has 0 aliphatic heterocycles. The summed E-state index contributed by atoms with van der Waals surface area (Å²) < 4.78 is 17.5. The van der Waals surface area contributed by atoms with Crippen LogP contribution in [-0.4, -0.2) is 62.3 Å². The van der Waals surface area contributed by atoms with Crippen LogP contribution in [-0.2, 0) is 13.6 Å². The molecular formula is C35H32ClFN6O4. The highest BCUT2D eigenvalue weighted by Gasteiger charge is 2.22. The number of carbonyl (C=O) groups excluding carboxylic acids is 2. The molecule has 1 N–H and O–H groups in total. The van der Waals surface area contributed by atoms with Crippen LogP contribution in [0.5, 0.6) is 0 Å². The maximum Gasteiger partial charge on any atom is 0.331 e. The van der Waals surface area contributed by atoms with Crippen LogP contribution in [0.1, 0.15) is 32.1 Å². The molecule has 3 aromatic heterocycles. The molecule has 0 fully saturated rings. The minimum atomic E-state index is -0.564. The minimum absolute atomic E-state index is 0. The van der Waals surface area contributed by atoms with Crippen molar-refractivity contribution >= 4 is 40.5 Å². The summed E-state index contributed by atoms with van der Waals surface area (Å²) in [5.74, 6) is -0.930. The smallest absolute Gasteiger partial charge is 0.331 e. The number of amides is 1. The van der Waals surface area contributed by atoms with E-state index in [4.69, 9.17) is 4.98 Å². The van der Waals surface area contributed by atoms with Gasteiger partial charge in [0.15, 0.2) is 5.82 Å². The van der Waals surface area contributed by atoms with Crippen LogP contribution in [0.25, 0.3) is 27.7 Å². The van der Waals surface area contributed by atoms with E-state index in [9.17, 15) is 23.6 Å². The van der Waals surface area contributed by atoms with E-state index >= 15 is 0 Å². The maximum absolute atomic E-state index is 14.0. The van der Waals surface area contributed by atoms with Crippen LogP contribution < -0.4 is 16.6 Å². The van der Waals surface area contributed by atoms with Gasteiger partial charge in [-0.3, -0.25) is 27.9 Å². The number of likely N-dealkylation sites (N-methyl/N-ethyl adjacent to an activating group) is 1. The number of aryl methyl sites for hydroxylation is 1. The molecule has 0 radical (unpaired) electrons. The first-order valence-corrected chi connectivity index (χ1v) is 14.7. The number of carbonyl (C=O) groups is 2. The highest BCUT2D eigenvalue weighted by Crippen LogP contribution is 2.27. The van der Waals surface area contributed by atoms with E-state index in [1.54, 1.807) is 54.0 Å². The predicted octanol–water partition coefficient (Wildman–Crippen LogP) is 4.15.